The van der Waals surface area contributed by atoms with Crippen LogP contribution in [-0.4, -0.2) is 31.7 Å². The average Bonchev–Trinajstić information content (AvgIpc) is 3.28. The van der Waals surface area contributed by atoms with Gasteiger partial charge in [-0.25, -0.2) is 9.97 Å². The maximum atomic E-state index is 6.30. The van der Waals surface area contributed by atoms with Gasteiger partial charge in [-0.2, -0.15) is 0 Å². The molecule has 5 rings (SSSR count). The molecule has 0 fully saturated rings. The van der Waals surface area contributed by atoms with Crippen LogP contribution in [0.3, 0.4) is 0 Å². The number of aromatic nitrogens is 5. The van der Waals surface area contributed by atoms with Crippen molar-refractivity contribution in [3.05, 3.63) is 46.1 Å². The SMILES string of the molecule is COc1ccc2c(C)cc3nnc(SC(C)c4nc(N)c5c(C)c(C)sc5n4)n3c2c1. The molecule has 5 aromatic rings. The predicted octanol–water partition coefficient (Wildman–Crippen LogP) is 5.26. The highest BCUT2D eigenvalue weighted by atomic mass is 32.2. The number of benzene rings is 1. The maximum absolute atomic E-state index is 6.30. The second-order valence-corrected chi connectivity index (χ2v) is 10.1. The molecule has 0 bridgehead atoms. The molecule has 0 aliphatic carbocycles. The van der Waals surface area contributed by atoms with E-state index in [0.717, 1.165) is 48.8 Å². The molecule has 0 radical (unpaired) electrons. The Kier molecular flexibility index (Phi) is 4.75. The molecule has 0 aliphatic rings. The first-order chi connectivity index (χ1) is 14.9. The van der Waals surface area contributed by atoms with Gasteiger partial charge in [0.1, 0.15) is 22.2 Å². The van der Waals surface area contributed by atoms with E-state index in [4.69, 9.17) is 15.5 Å². The van der Waals surface area contributed by atoms with Crippen molar-refractivity contribution in [2.24, 2.45) is 0 Å². The van der Waals surface area contributed by atoms with Gasteiger partial charge >= 0.3 is 0 Å². The Morgan fingerprint density at radius 3 is 2.71 bits per heavy atom. The van der Waals surface area contributed by atoms with E-state index in [2.05, 4.69) is 53.3 Å². The Morgan fingerprint density at radius 1 is 1.13 bits per heavy atom. The largest absolute Gasteiger partial charge is 0.497 e. The normalized spacial score (nSPS) is 12.8. The smallest absolute Gasteiger partial charge is 0.196 e. The lowest BCUT2D eigenvalue weighted by atomic mass is 10.1. The molecule has 31 heavy (non-hydrogen) atoms. The van der Waals surface area contributed by atoms with E-state index in [-0.39, 0.29) is 5.25 Å². The maximum Gasteiger partial charge on any atom is 0.196 e. The van der Waals surface area contributed by atoms with Gasteiger partial charge in [-0.3, -0.25) is 4.40 Å². The van der Waals surface area contributed by atoms with E-state index in [1.807, 2.05) is 18.2 Å². The highest BCUT2D eigenvalue weighted by Crippen LogP contribution is 2.38. The zero-order valence-corrected chi connectivity index (χ0v) is 19.6. The number of pyridine rings is 1. The molecule has 9 heteroatoms. The lowest BCUT2D eigenvalue weighted by Gasteiger charge is -2.12. The fourth-order valence-electron chi connectivity index (χ4n) is 3.80. The number of thiophene rings is 1. The number of hydrogen-bond acceptors (Lipinski definition) is 8. The number of hydrogen-bond donors (Lipinski definition) is 1. The van der Waals surface area contributed by atoms with Crippen LogP contribution in [0, 0.1) is 20.8 Å². The second-order valence-electron chi connectivity index (χ2n) is 7.58. The lowest BCUT2D eigenvalue weighted by Crippen LogP contribution is -2.03. The van der Waals surface area contributed by atoms with Crippen LogP contribution >= 0.6 is 23.1 Å². The molecule has 4 aromatic heterocycles. The number of nitrogen functional groups attached to an aromatic ring is 1. The highest BCUT2D eigenvalue weighted by molar-refractivity contribution is 7.99. The minimum Gasteiger partial charge on any atom is -0.497 e. The average molecular weight is 451 g/mol. The van der Waals surface area contributed by atoms with E-state index < -0.39 is 0 Å². The predicted molar refractivity (Wildman–Crippen MR) is 127 cm³/mol. The van der Waals surface area contributed by atoms with Gasteiger partial charge in [0.15, 0.2) is 10.8 Å². The number of nitrogens with zero attached hydrogens (tertiary/aromatic N) is 5. The van der Waals surface area contributed by atoms with E-state index in [0.29, 0.717) is 11.6 Å². The highest BCUT2D eigenvalue weighted by Gasteiger charge is 2.20. The van der Waals surface area contributed by atoms with Crippen LogP contribution in [0.4, 0.5) is 5.82 Å². The summed E-state index contributed by atoms with van der Waals surface area (Å²) in [5.74, 6) is 2.02. The molecule has 4 heterocycles. The summed E-state index contributed by atoms with van der Waals surface area (Å²) in [5, 5.41) is 11.7. The number of fused-ring (bicyclic) bond motifs is 4. The number of rotatable bonds is 4. The number of anilines is 1. The van der Waals surface area contributed by atoms with Gasteiger partial charge < -0.3 is 10.5 Å². The first-order valence-corrected chi connectivity index (χ1v) is 11.6. The number of thioether (sulfide) groups is 1. The van der Waals surface area contributed by atoms with Crippen LogP contribution in [0.1, 0.15) is 34.0 Å². The molecule has 2 N–H and O–H groups in total. The summed E-state index contributed by atoms with van der Waals surface area (Å²) in [5.41, 5.74) is 10.4. The molecule has 0 saturated heterocycles. The zero-order valence-electron chi connectivity index (χ0n) is 17.9. The molecular formula is C22H22N6OS2. The van der Waals surface area contributed by atoms with Crippen molar-refractivity contribution >= 4 is 55.7 Å². The van der Waals surface area contributed by atoms with E-state index in [9.17, 15) is 0 Å². The van der Waals surface area contributed by atoms with Crippen LogP contribution in [0.15, 0.2) is 29.4 Å². The first kappa shape index (κ1) is 20.0. The quantitative estimate of drug-likeness (QED) is 0.374. The van der Waals surface area contributed by atoms with Gasteiger partial charge in [0.05, 0.1) is 23.3 Å². The van der Waals surface area contributed by atoms with E-state index >= 15 is 0 Å². The summed E-state index contributed by atoms with van der Waals surface area (Å²) in [7, 11) is 1.67. The molecule has 1 aromatic carbocycles. The van der Waals surface area contributed by atoms with Crippen LogP contribution < -0.4 is 10.5 Å². The summed E-state index contributed by atoms with van der Waals surface area (Å²) in [4.78, 5) is 11.6. The summed E-state index contributed by atoms with van der Waals surface area (Å²) in [6.07, 6.45) is 0. The number of methoxy groups -OCH3 is 1. The topological polar surface area (TPSA) is 91.2 Å². The van der Waals surface area contributed by atoms with E-state index in [1.165, 1.54) is 4.88 Å². The Labute approximate surface area is 187 Å². The van der Waals surface area contributed by atoms with Gasteiger partial charge in [-0.05, 0) is 57.0 Å². The van der Waals surface area contributed by atoms with E-state index in [1.54, 1.807) is 30.2 Å². The Bertz CT molecular complexity index is 1470. The summed E-state index contributed by atoms with van der Waals surface area (Å²) in [6.45, 7) is 8.30. The van der Waals surface area contributed by atoms with Crippen molar-refractivity contribution in [3.8, 4) is 5.75 Å². The Hall–Kier alpha value is -2.91. The summed E-state index contributed by atoms with van der Waals surface area (Å²) >= 11 is 3.22. The van der Waals surface area contributed by atoms with Crippen LogP contribution in [0.5, 0.6) is 5.75 Å². The fourth-order valence-corrected chi connectivity index (χ4v) is 5.75. The molecule has 7 nitrogen and oxygen atoms in total. The van der Waals surface area contributed by atoms with Gasteiger partial charge in [-0.1, -0.05) is 11.8 Å². The molecule has 1 atom stereocenters. The molecular weight excluding hydrogens is 428 g/mol. The summed E-state index contributed by atoms with van der Waals surface area (Å²) < 4.78 is 7.51. The Balaban J connectivity index is 1.60. The number of aryl methyl sites for hydroxylation is 3. The van der Waals surface area contributed by atoms with Gasteiger partial charge in [0.2, 0.25) is 0 Å². The van der Waals surface area contributed by atoms with Crippen LogP contribution in [-0.2, 0) is 0 Å². The lowest BCUT2D eigenvalue weighted by molar-refractivity contribution is 0.415. The van der Waals surface area contributed by atoms with Gasteiger partial charge in [-0.15, -0.1) is 21.5 Å². The van der Waals surface area contributed by atoms with Crippen molar-refractivity contribution in [1.29, 1.82) is 0 Å². The summed E-state index contributed by atoms with van der Waals surface area (Å²) in [6, 6.07) is 8.11. The second kappa shape index (κ2) is 7.35. The number of nitrogens with two attached hydrogens (primary N) is 1. The molecule has 0 amide bonds. The van der Waals surface area contributed by atoms with Gasteiger partial charge in [0.25, 0.3) is 0 Å². The molecule has 158 valence electrons. The zero-order chi connectivity index (χ0) is 21.9. The molecule has 1 unspecified atom stereocenters. The van der Waals surface area contributed by atoms with Crippen LogP contribution in [0.2, 0.25) is 0 Å². The Morgan fingerprint density at radius 2 is 1.94 bits per heavy atom. The number of ether oxygens (including phenoxy) is 1. The molecule has 0 spiro atoms. The third-order valence-electron chi connectivity index (χ3n) is 5.59. The minimum absolute atomic E-state index is 0.0521. The first-order valence-electron chi connectivity index (χ1n) is 9.89. The van der Waals surface area contributed by atoms with Gasteiger partial charge in [0, 0.05) is 16.3 Å². The van der Waals surface area contributed by atoms with Crippen molar-refractivity contribution < 1.29 is 4.74 Å². The molecule has 0 aliphatic heterocycles. The monoisotopic (exact) mass is 450 g/mol. The van der Waals surface area contributed by atoms with Crippen molar-refractivity contribution in [1.82, 2.24) is 24.6 Å². The standard InChI is InChI=1S/C22H22N6OS2/c1-10-8-17-26-27-22(28(17)16-9-14(29-5)6-7-15(10)16)31-13(4)20-24-19(23)18-11(2)12(3)30-21(18)25-20/h6-9,13H,1-5H3,(H2,23,24,25). The van der Waals surface area contributed by atoms with Crippen molar-refractivity contribution in [2.75, 3.05) is 12.8 Å². The fraction of sp³-hybridized carbons (Fsp3) is 0.273. The van der Waals surface area contributed by atoms with Crippen LogP contribution in [0.25, 0.3) is 26.8 Å². The van der Waals surface area contributed by atoms with Crippen molar-refractivity contribution in [3.63, 3.8) is 0 Å². The molecule has 0 saturated carbocycles. The third-order valence-corrected chi connectivity index (χ3v) is 7.73. The minimum atomic E-state index is -0.0521. The third kappa shape index (κ3) is 3.19. The van der Waals surface area contributed by atoms with Crippen molar-refractivity contribution in [2.45, 2.75) is 38.1 Å².